The molecule has 44 heavy (non-hydrogen) atoms. The number of amides is 1. The Balaban J connectivity index is 1.19. The molecule has 2 aromatic carbocycles. The Morgan fingerprint density at radius 3 is 2.64 bits per heavy atom. The van der Waals surface area contributed by atoms with E-state index in [1.54, 1.807) is 25.1 Å². The van der Waals surface area contributed by atoms with E-state index in [-0.39, 0.29) is 34.5 Å². The minimum atomic E-state index is -3.78. The molecule has 4 aromatic rings. The van der Waals surface area contributed by atoms with Gasteiger partial charge in [-0.15, -0.1) is 8.78 Å². The van der Waals surface area contributed by atoms with Crippen molar-refractivity contribution in [1.82, 2.24) is 20.1 Å². The lowest BCUT2D eigenvalue weighted by Crippen LogP contribution is -2.43. The summed E-state index contributed by atoms with van der Waals surface area (Å²) in [7, 11) is 0. The molecule has 1 amide bonds. The van der Waals surface area contributed by atoms with Gasteiger partial charge >= 0.3 is 6.29 Å². The highest BCUT2D eigenvalue weighted by Crippen LogP contribution is 2.48. The van der Waals surface area contributed by atoms with Gasteiger partial charge in [0.1, 0.15) is 22.6 Å². The van der Waals surface area contributed by atoms with Crippen molar-refractivity contribution in [2.75, 3.05) is 13.2 Å². The lowest BCUT2D eigenvalue weighted by molar-refractivity contribution is -0.286. The monoisotopic (exact) mass is 628 g/mol. The summed E-state index contributed by atoms with van der Waals surface area (Å²) < 4.78 is 58.3. The normalized spacial score (nSPS) is 19.1. The van der Waals surface area contributed by atoms with Crippen LogP contribution in [0.5, 0.6) is 17.2 Å². The summed E-state index contributed by atoms with van der Waals surface area (Å²) >= 11 is 6.41. The number of halogens is 4. The summed E-state index contributed by atoms with van der Waals surface area (Å²) in [5.41, 5.74) is 0.791. The van der Waals surface area contributed by atoms with Gasteiger partial charge in [0, 0.05) is 35.6 Å². The van der Waals surface area contributed by atoms with Crippen molar-refractivity contribution in [2.45, 2.75) is 57.2 Å². The zero-order valence-electron chi connectivity index (χ0n) is 23.8. The maximum absolute atomic E-state index is 14.6. The number of nitrogens with one attached hydrogen (secondary N) is 1. The molecule has 1 aliphatic heterocycles. The second-order valence-corrected chi connectivity index (χ2v) is 11.9. The average molecular weight is 629 g/mol. The van der Waals surface area contributed by atoms with Crippen molar-refractivity contribution >= 4 is 28.4 Å². The van der Waals surface area contributed by atoms with E-state index in [0.29, 0.717) is 58.6 Å². The smallest absolute Gasteiger partial charge is 0.491 e. The van der Waals surface area contributed by atoms with E-state index < -0.39 is 23.6 Å². The van der Waals surface area contributed by atoms with Crippen molar-refractivity contribution in [1.29, 1.82) is 0 Å². The van der Waals surface area contributed by atoms with E-state index in [4.69, 9.17) is 21.3 Å². The van der Waals surface area contributed by atoms with Crippen LogP contribution < -0.4 is 19.5 Å². The molecule has 0 bridgehead atoms. The van der Waals surface area contributed by atoms with Gasteiger partial charge in [-0.3, -0.25) is 4.79 Å². The maximum atomic E-state index is 14.6. The van der Waals surface area contributed by atoms with Gasteiger partial charge < -0.3 is 24.6 Å². The molecule has 0 saturated heterocycles. The summed E-state index contributed by atoms with van der Waals surface area (Å²) in [4.78, 5) is 18.1. The summed E-state index contributed by atoms with van der Waals surface area (Å²) in [6.45, 7) is 3.77. The Kier molecular flexibility index (Phi) is 6.53. The van der Waals surface area contributed by atoms with Crippen LogP contribution in [0.2, 0.25) is 5.02 Å². The number of hydrogen-bond donors (Lipinski definition) is 2. The van der Waals surface area contributed by atoms with Crippen molar-refractivity contribution in [3.8, 4) is 28.5 Å². The fourth-order valence-electron chi connectivity index (χ4n) is 5.58. The highest BCUT2D eigenvalue weighted by molar-refractivity contribution is 6.35. The molecule has 7 rings (SSSR count). The van der Waals surface area contributed by atoms with E-state index in [0.717, 1.165) is 12.8 Å². The molecule has 13 heteroatoms. The van der Waals surface area contributed by atoms with E-state index in [9.17, 15) is 23.1 Å². The number of hydrogen-bond acceptors (Lipinski definition) is 7. The van der Waals surface area contributed by atoms with Crippen LogP contribution in [-0.4, -0.2) is 45.2 Å². The first-order valence-electron chi connectivity index (χ1n) is 14.3. The summed E-state index contributed by atoms with van der Waals surface area (Å²) in [5, 5.41) is 19.9. The van der Waals surface area contributed by atoms with E-state index in [1.165, 1.54) is 29.1 Å². The summed E-state index contributed by atoms with van der Waals surface area (Å²) in [5.74, 6) is -2.01. The van der Waals surface area contributed by atoms with Crippen LogP contribution in [0.4, 0.5) is 13.2 Å². The molecule has 230 valence electrons. The zero-order valence-corrected chi connectivity index (χ0v) is 24.6. The molecule has 0 spiro atoms. The van der Waals surface area contributed by atoms with Crippen molar-refractivity contribution in [3.63, 3.8) is 0 Å². The van der Waals surface area contributed by atoms with Crippen LogP contribution in [0.1, 0.15) is 54.2 Å². The summed E-state index contributed by atoms with van der Waals surface area (Å²) in [6, 6.07) is 9.07. The molecule has 2 aromatic heterocycles. The summed E-state index contributed by atoms with van der Waals surface area (Å²) in [6.07, 6.45) is -0.0559. The lowest BCUT2D eigenvalue weighted by Gasteiger charge is -2.29. The first-order valence-corrected chi connectivity index (χ1v) is 14.7. The third kappa shape index (κ3) is 4.99. The van der Waals surface area contributed by atoms with E-state index in [1.807, 2.05) is 6.92 Å². The SMILES string of the molecule is CCOc1c(C)cc([C@@](O)(CNC(=O)c2cc(Cl)c3nn(C4(F)CC4)cc3c2)C2CC2)nc1-c1ccc2c(c1)OC(F)(F)O2. The number of carbonyl (C=O) groups is 1. The lowest BCUT2D eigenvalue weighted by atomic mass is 9.90. The Bertz CT molecular complexity index is 1820. The maximum Gasteiger partial charge on any atom is 0.586 e. The first kappa shape index (κ1) is 28.7. The molecule has 3 aliphatic rings. The third-order valence-corrected chi connectivity index (χ3v) is 8.52. The van der Waals surface area contributed by atoms with Gasteiger partial charge in [0.2, 0.25) is 5.79 Å². The molecular formula is C31H28ClF3N4O5. The number of aryl methyl sites for hydroxylation is 1. The van der Waals surface area contributed by atoms with Crippen LogP contribution in [0, 0.1) is 12.8 Å². The minimum Gasteiger partial charge on any atom is -0.491 e. The Hall–Kier alpha value is -4.03. The molecule has 3 heterocycles. The van der Waals surface area contributed by atoms with Crippen LogP contribution in [0.25, 0.3) is 22.2 Å². The van der Waals surface area contributed by atoms with Gasteiger partial charge in [-0.2, -0.15) is 5.10 Å². The molecule has 2 fully saturated rings. The number of pyridine rings is 1. The molecular weight excluding hydrogens is 601 g/mol. The van der Waals surface area contributed by atoms with Crippen molar-refractivity contribution < 1.29 is 37.3 Å². The Morgan fingerprint density at radius 2 is 1.93 bits per heavy atom. The molecule has 0 unspecified atom stereocenters. The third-order valence-electron chi connectivity index (χ3n) is 8.23. The Morgan fingerprint density at radius 1 is 1.18 bits per heavy atom. The fraction of sp³-hybridized carbons (Fsp3) is 0.387. The van der Waals surface area contributed by atoms with Crippen LogP contribution in [-0.2, 0) is 11.4 Å². The van der Waals surface area contributed by atoms with Crippen molar-refractivity contribution in [2.24, 2.45) is 5.92 Å². The standard InChI is InChI=1S/C31H28ClF3N4O5/c1-3-42-27-16(2)10-24(37-26(27)17-4-7-22-23(13-17)44-31(34,35)43-22)30(41,20-5-6-20)15-36-28(40)18-11-19-14-39(29(33)8-9-29)38-25(19)21(32)12-18/h4,7,10-14,20,41H,3,5-6,8-9,15H2,1-2H3,(H,36,40)/t30-/m1/s1. The number of aliphatic hydroxyl groups is 1. The van der Waals surface area contributed by atoms with Gasteiger partial charge in [-0.05, 0) is 74.6 Å². The fourth-order valence-corrected chi connectivity index (χ4v) is 5.85. The highest BCUT2D eigenvalue weighted by atomic mass is 35.5. The molecule has 0 radical (unpaired) electrons. The van der Waals surface area contributed by atoms with Crippen LogP contribution in [0.15, 0.2) is 42.6 Å². The average Bonchev–Trinajstić information content (AvgIpc) is 3.89. The number of benzene rings is 2. The number of alkyl halides is 3. The van der Waals surface area contributed by atoms with E-state index in [2.05, 4.69) is 19.9 Å². The topological polar surface area (TPSA) is 108 Å². The van der Waals surface area contributed by atoms with E-state index >= 15 is 0 Å². The molecule has 1 atom stereocenters. The largest absolute Gasteiger partial charge is 0.586 e. The number of aromatic nitrogens is 3. The quantitative estimate of drug-likeness (QED) is 0.226. The second kappa shape index (κ2) is 10.00. The highest BCUT2D eigenvalue weighted by Gasteiger charge is 2.48. The number of fused-ring (bicyclic) bond motifs is 2. The molecule has 2 N–H and O–H groups in total. The molecule has 2 aliphatic carbocycles. The van der Waals surface area contributed by atoms with Crippen LogP contribution in [0.3, 0.4) is 0 Å². The van der Waals surface area contributed by atoms with Gasteiger partial charge in [0.15, 0.2) is 11.5 Å². The van der Waals surface area contributed by atoms with Gasteiger partial charge in [0.05, 0.1) is 23.9 Å². The predicted molar refractivity (Wildman–Crippen MR) is 154 cm³/mol. The molecule has 2 saturated carbocycles. The number of nitrogens with zero attached hydrogens (tertiary/aromatic N) is 3. The number of carbonyl (C=O) groups excluding carboxylic acids is 1. The van der Waals surface area contributed by atoms with Gasteiger partial charge in [-0.25, -0.2) is 14.1 Å². The minimum absolute atomic E-state index is 0.107. The van der Waals surface area contributed by atoms with Gasteiger partial charge in [0.25, 0.3) is 5.91 Å². The second-order valence-electron chi connectivity index (χ2n) is 11.5. The van der Waals surface area contributed by atoms with Crippen LogP contribution >= 0.6 is 11.6 Å². The van der Waals surface area contributed by atoms with Crippen molar-refractivity contribution in [3.05, 3.63) is 64.4 Å². The number of rotatable bonds is 9. The Labute approximate surface area is 254 Å². The predicted octanol–water partition coefficient (Wildman–Crippen LogP) is 6.22. The first-order chi connectivity index (χ1) is 20.9. The zero-order chi connectivity index (χ0) is 31.0. The molecule has 9 nitrogen and oxygen atoms in total. The van der Waals surface area contributed by atoms with Gasteiger partial charge in [-0.1, -0.05) is 11.6 Å². The number of ether oxygens (including phenoxy) is 3.